The number of hydrogen-bond acceptors (Lipinski definition) is 3. The molecule has 0 spiro atoms. The van der Waals surface area contributed by atoms with Crippen molar-refractivity contribution < 1.29 is 14.7 Å². The molecule has 1 aromatic carbocycles. The number of aliphatic carboxylic acids is 1. The molecular formula is C13H18N2O3. The summed E-state index contributed by atoms with van der Waals surface area (Å²) >= 11 is 0. The van der Waals surface area contributed by atoms with Gasteiger partial charge in [0.05, 0.1) is 5.92 Å². The second kappa shape index (κ2) is 6.05. The second-order valence-electron chi connectivity index (χ2n) is 4.17. The van der Waals surface area contributed by atoms with E-state index in [0.29, 0.717) is 23.2 Å². The third-order valence-electron chi connectivity index (χ3n) is 2.97. The molecule has 18 heavy (non-hydrogen) atoms. The number of carboxylic acids is 1. The van der Waals surface area contributed by atoms with Crippen molar-refractivity contribution in [2.75, 3.05) is 12.3 Å². The van der Waals surface area contributed by atoms with Gasteiger partial charge in [0.1, 0.15) is 0 Å². The van der Waals surface area contributed by atoms with Gasteiger partial charge < -0.3 is 16.2 Å². The molecule has 5 nitrogen and oxygen atoms in total. The van der Waals surface area contributed by atoms with E-state index in [2.05, 4.69) is 5.32 Å². The van der Waals surface area contributed by atoms with Crippen LogP contribution in [0.5, 0.6) is 0 Å². The maximum atomic E-state index is 11.9. The molecular weight excluding hydrogens is 232 g/mol. The van der Waals surface area contributed by atoms with Crippen molar-refractivity contribution in [3.8, 4) is 0 Å². The molecule has 5 heteroatoms. The summed E-state index contributed by atoms with van der Waals surface area (Å²) in [7, 11) is 0. The molecule has 4 N–H and O–H groups in total. The lowest BCUT2D eigenvalue weighted by atomic mass is 10.0. The zero-order valence-corrected chi connectivity index (χ0v) is 10.6. The summed E-state index contributed by atoms with van der Waals surface area (Å²) in [6.07, 6.45) is 0.478. The average molecular weight is 250 g/mol. The van der Waals surface area contributed by atoms with Crippen molar-refractivity contribution in [3.05, 3.63) is 29.3 Å². The number of hydrogen-bond donors (Lipinski definition) is 3. The van der Waals surface area contributed by atoms with Gasteiger partial charge in [-0.1, -0.05) is 13.0 Å². The third kappa shape index (κ3) is 3.23. The van der Waals surface area contributed by atoms with Gasteiger partial charge in [-0.05, 0) is 31.0 Å². The largest absolute Gasteiger partial charge is 0.481 e. The minimum atomic E-state index is -0.901. The van der Waals surface area contributed by atoms with Crippen molar-refractivity contribution in [2.24, 2.45) is 5.92 Å². The van der Waals surface area contributed by atoms with Gasteiger partial charge in [0, 0.05) is 17.8 Å². The van der Waals surface area contributed by atoms with Crippen molar-refractivity contribution in [1.29, 1.82) is 0 Å². The van der Waals surface area contributed by atoms with E-state index >= 15 is 0 Å². The van der Waals surface area contributed by atoms with Crippen LogP contribution in [0, 0.1) is 12.8 Å². The van der Waals surface area contributed by atoms with Crippen LogP contribution in [0.4, 0.5) is 5.69 Å². The maximum absolute atomic E-state index is 11.9. The Morgan fingerprint density at radius 3 is 2.67 bits per heavy atom. The van der Waals surface area contributed by atoms with Crippen molar-refractivity contribution in [1.82, 2.24) is 5.32 Å². The Kier molecular flexibility index (Phi) is 4.71. The topological polar surface area (TPSA) is 92.4 Å². The molecule has 1 unspecified atom stereocenters. The highest BCUT2D eigenvalue weighted by molar-refractivity contribution is 5.97. The standard InChI is InChI=1S/C13H18N2O3/c1-3-9(13(17)18)7-15-12(16)10-5-4-6-11(14)8(10)2/h4-6,9H,3,7,14H2,1-2H3,(H,15,16)(H,17,18). The van der Waals surface area contributed by atoms with Gasteiger partial charge in [0.15, 0.2) is 0 Å². The van der Waals surface area contributed by atoms with E-state index < -0.39 is 11.9 Å². The molecule has 0 fully saturated rings. The molecule has 1 atom stereocenters. The SMILES string of the molecule is CCC(CNC(=O)c1cccc(N)c1C)C(=O)O. The quantitative estimate of drug-likeness (QED) is 0.689. The Bertz CT molecular complexity index is 458. The van der Waals surface area contributed by atoms with Gasteiger partial charge in [0.25, 0.3) is 5.91 Å². The number of nitrogens with one attached hydrogen (secondary N) is 1. The Balaban J connectivity index is 2.71. The number of carboxylic acid groups (broad SMARTS) is 1. The second-order valence-corrected chi connectivity index (χ2v) is 4.17. The first-order valence-electron chi connectivity index (χ1n) is 5.83. The van der Waals surface area contributed by atoms with Crippen molar-refractivity contribution in [2.45, 2.75) is 20.3 Å². The van der Waals surface area contributed by atoms with Gasteiger partial charge in [-0.25, -0.2) is 0 Å². The number of carbonyl (C=O) groups is 2. The molecule has 0 aliphatic heterocycles. The van der Waals surface area contributed by atoms with Gasteiger partial charge in [-0.3, -0.25) is 9.59 Å². The van der Waals surface area contributed by atoms with E-state index in [9.17, 15) is 9.59 Å². The van der Waals surface area contributed by atoms with Gasteiger partial charge in [-0.15, -0.1) is 0 Å². The molecule has 1 aromatic rings. The molecule has 0 radical (unpaired) electrons. The fourth-order valence-corrected chi connectivity index (χ4v) is 1.62. The fraction of sp³-hybridized carbons (Fsp3) is 0.385. The van der Waals surface area contributed by atoms with Crippen LogP contribution in [0.25, 0.3) is 0 Å². The van der Waals surface area contributed by atoms with Crippen LogP contribution >= 0.6 is 0 Å². The van der Waals surface area contributed by atoms with Crippen molar-refractivity contribution >= 4 is 17.6 Å². The van der Waals surface area contributed by atoms with E-state index in [1.165, 1.54) is 0 Å². The highest BCUT2D eigenvalue weighted by Crippen LogP contribution is 2.15. The maximum Gasteiger partial charge on any atom is 0.308 e. The minimum Gasteiger partial charge on any atom is -0.481 e. The molecule has 0 bridgehead atoms. The monoisotopic (exact) mass is 250 g/mol. The summed E-state index contributed by atoms with van der Waals surface area (Å²) in [5.41, 5.74) is 7.45. The predicted molar refractivity (Wildman–Crippen MR) is 69.3 cm³/mol. The predicted octanol–water partition coefficient (Wildman–Crippen LogP) is 1.42. The zero-order chi connectivity index (χ0) is 13.7. The Hall–Kier alpha value is -2.04. The third-order valence-corrected chi connectivity index (χ3v) is 2.97. The number of benzene rings is 1. The van der Waals surface area contributed by atoms with Crippen LogP contribution < -0.4 is 11.1 Å². The highest BCUT2D eigenvalue weighted by Gasteiger charge is 2.17. The summed E-state index contributed by atoms with van der Waals surface area (Å²) in [4.78, 5) is 22.7. The van der Waals surface area contributed by atoms with Crippen LogP contribution in [-0.4, -0.2) is 23.5 Å². The molecule has 1 amide bonds. The number of nitrogen functional groups attached to an aromatic ring is 1. The molecule has 98 valence electrons. The molecule has 0 heterocycles. The molecule has 1 rings (SSSR count). The van der Waals surface area contributed by atoms with Crippen LogP contribution in [0.2, 0.25) is 0 Å². The van der Waals surface area contributed by atoms with Crippen molar-refractivity contribution in [3.63, 3.8) is 0 Å². The molecule has 0 aliphatic rings. The van der Waals surface area contributed by atoms with E-state index in [-0.39, 0.29) is 12.5 Å². The normalized spacial score (nSPS) is 11.9. The minimum absolute atomic E-state index is 0.124. The van der Waals surface area contributed by atoms with E-state index in [1.54, 1.807) is 32.0 Å². The Labute approximate surface area is 106 Å². The first kappa shape index (κ1) is 14.0. The Morgan fingerprint density at radius 2 is 2.11 bits per heavy atom. The molecule has 0 aromatic heterocycles. The highest BCUT2D eigenvalue weighted by atomic mass is 16.4. The first-order chi connectivity index (χ1) is 8.47. The summed E-state index contributed by atoms with van der Waals surface area (Å²) in [5.74, 6) is -1.75. The van der Waals surface area contributed by atoms with Crippen LogP contribution in [0.15, 0.2) is 18.2 Å². The smallest absolute Gasteiger partial charge is 0.308 e. The van der Waals surface area contributed by atoms with Crippen LogP contribution in [-0.2, 0) is 4.79 Å². The Morgan fingerprint density at radius 1 is 1.44 bits per heavy atom. The van der Waals surface area contributed by atoms with Gasteiger partial charge in [-0.2, -0.15) is 0 Å². The summed E-state index contributed by atoms with van der Waals surface area (Å²) < 4.78 is 0. The lowest BCUT2D eigenvalue weighted by molar-refractivity contribution is -0.141. The lowest BCUT2D eigenvalue weighted by Gasteiger charge is -2.12. The van der Waals surface area contributed by atoms with E-state index in [1.807, 2.05) is 0 Å². The van der Waals surface area contributed by atoms with E-state index in [0.717, 1.165) is 0 Å². The number of anilines is 1. The van der Waals surface area contributed by atoms with Gasteiger partial charge >= 0.3 is 5.97 Å². The zero-order valence-electron chi connectivity index (χ0n) is 10.6. The molecule has 0 aliphatic carbocycles. The van der Waals surface area contributed by atoms with Crippen LogP contribution in [0.1, 0.15) is 29.3 Å². The number of carbonyl (C=O) groups excluding carboxylic acids is 1. The summed E-state index contributed by atoms with van der Waals surface area (Å²) in [5, 5.41) is 11.5. The fourth-order valence-electron chi connectivity index (χ4n) is 1.62. The average Bonchev–Trinajstić information content (AvgIpc) is 2.32. The molecule has 0 saturated carbocycles. The number of amides is 1. The lowest BCUT2D eigenvalue weighted by Crippen LogP contribution is -2.33. The first-order valence-corrected chi connectivity index (χ1v) is 5.83. The summed E-state index contributed by atoms with van der Waals surface area (Å²) in [6.45, 7) is 3.66. The van der Waals surface area contributed by atoms with Crippen LogP contribution in [0.3, 0.4) is 0 Å². The van der Waals surface area contributed by atoms with E-state index in [4.69, 9.17) is 10.8 Å². The number of nitrogens with two attached hydrogens (primary N) is 1. The van der Waals surface area contributed by atoms with Gasteiger partial charge in [0.2, 0.25) is 0 Å². The number of rotatable bonds is 5. The summed E-state index contributed by atoms with van der Waals surface area (Å²) in [6, 6.07) is 5.09. The molecule has 0 saturated heterocycles.